The zero-order valence-corrected chi connectivity index (χ0v) is 27.0. The van der Waals surface area contributed by atoms with Crippen LogP contribution in [0.15, 0.2) is 121 Å². The van der Waals surface area contributed by atoms with E-state index < -0.39 is 0 Å². The van der Waals surface area contributed by atoms with Crippen molar-refractivity contribution in [3.8, 4) is 22.3 Å². The van der Waals surface area contributed by atoms with Gasteiger partial charge in [-0.25, -0.2) is 0 Å². The van der Waals surface area contributed by atoms with E-state index in [1.54, 1.807) is 0 Å². The monoisotopic (exact) mass is 661 g/mol. The minimum atomic E-state index is 0.0204. The minimum Gasteiger partial charge on any atom is -0.311 e. The lowest BCUT2D eigenvalue weighted by atomic mass is 9.89. The number of benzene rings is 5. The van der Waals surface area contributed by atoms with Crippen LogP contribution in [0, 0.1) is 6.92 Å². The molecule has 0 saturated carbocycles. The zero-order chi connectivity index (χ0) is 28.9. The van der Waals surface area contributed by atoms with Crippen molar-refractivity contribution in [2.24, 2.45) is 0 Å². The van der Waals surface area contributed by atoms with Crippen LogP contribution in [0.5, 0.6) is 0 Å². The number of para-hydroxylation sites is 2. The van der Waals surface area contributed by atoms with Gasteiger partial charge in [0.2, 0.25) is 0 Å². The average Bonchev–Trinajstić information content (AvgIpc) is 3.27. The van der Waals surface area contributed by atoms with Crippen LogP contribution in [-0.4, -0.2) is 0 Å². The van der Waals surface area contributed by atoms with Crippen LogP contribution in [0.3, 0.4) is 0 Å². The van der Waals surface area contributed by atoms with E-state index >= 15 is 0 Å². The van der Waals surface area contributed by atoms with Crippen LogP contribution in [0.25, 0.3) is 22.3 Å². The molecule has 0 saturated heterocycles. The number of fused-ring (bicyclic) bond motifs is 3. The fraction of sp³-hybridized carbons (Fsp3) is 0.250. The summed E-state index contributed by atoms with van der Waals surface area (Å²) in [5.41, 5.74) is 13.2. The predicted octanol–water partition coefficient (Wildman–Crippen LogP) is 12.5. The second kappa shape index (κ2) is 12.9. The van der Waals surface area contributed by atoms with Gasteiger partial charge in [0.1, 0.15) is 0 Å². The number of aryl methyl sites for hydroxylation is 1. The number of nitrogens with zero attached hydrogens (tertiary/aromatic N) is 1. The molecule has 5 aromatic rings. The summed E-state index contributed by atoms with van der Waals surface area (Å²) < 4.78 is 0.0204. The van der Waals surface area contributed by atoms with Gasteiger partial charge in [0, 0.05) is 17.1 Å². The summed E-state index contributed by atoms with van der Waals surface area (Å²) >= 11 is 2.79. The topological polar surface area (TPSA) is 3.24 Å². The number of unbranched alkanes of at least 4 members (excludes halogenated alkanes) is 5. The first-order chi connectivity index (χ1) is 20.6. The maximum atomic E-state index is 2.79. The molecule has 1 atom stereocenters. The van der Waals surface area contributed by atoms with Gasteiger partial charge in [-0.15, -0.1) is 0 Å². The van der Waals surface area contributed by atoms with Gasteiger partial charge in [-0.3, -0.25) is 0 Å². The molecule has 0 fully saturated rings. The van der Waals surface area contributed by atoms with Crippen molar-refractivity contribution < 1.29 is 0 Å². The molecule has 0 aliphatic heterocycles. The third-order valence-corrected chi connectivity index (χ3v) is 10.4. The Morgan fingerprint density at radius 3 is 1.71 bits per heavy atom. The van der Waals surface area contributed by atoms with Gasteiger partial charge < -0.3 is 4.90 Å². The van der Waals surface area contributed by atoms with Gasteiger partial charge in [-0.2, -0.15) is 0 Å². The third-order valence-electron chi connectivity index (χ3n) is 8.70. The largest absolute Gasteiger partial charge is 0.311 e. The van der Waals surface area contributed by atoms with Gasteiger partial charge >= 0.3 is 0 Å². The van der Waals surface area contributed by atoms with Crippen molar-refractivity contribution in [2.45, 2.75) is 62.2 Å². The molecule has 1 aliphatic carbocycles. The Morgan fingerprint density at radius 2 is 1.07 bits per heavy atom. The second-order valence-corrected chi connectivity index (χ2v) is 13.5. The van der Waals surface area contributed by atoms with E-state index in [2.05, 4.69) is 163 Å². The van der Waals surface area contributed by atoms with Crippen molar-refractivity contribution >= 4 is 39.7 Å². The fourth-order valence-corrected chi connectivity index (χ4v) is 7.75. The van der Waals surface area contributed by atoms with Gasteiger partial charge in [-0.1, -0.05) is 152 Å². The molecule has 0 radical (unpaired) electrons. The van der Waals surface area contributed by atoms with Gasteiger partial charge in [0.15, 0.2) is 0 Å². The molecule has 42 heavy (non-hydrogen) atoms. The highest BCUT2D eigenvalue weighted by Crippen LogP contribution is 2.56. The Labute approximate surface area is 265 Å². The lowest BCUT2D eigenvalue weighted by molar-refractivity contribution is 0.563. The molecule has 212 valence electrons. The third kappa shape index (κ3) is 5.79. The highest BCUT2D eigenvalue weighted by Gasteiger charge is 2.40. The Hall–Kier alpha value is -3.37. The van der Waals surface area contributed by atoms with Crippen LogP contribution < -0.4 is 4.90 Å². The lowest BCUT2D eigenvalue weighted by Crippen LogP contribution is -2.16. The van der Waals surface area contributed by atoms with Crippen LogP contribution in [-0.2, 0) is 3.42 Å². The maximum absolute atomic E-state index is 2.79. The first-order valence-corrected chi connectivity index (χ1v) is 16.6. The standard InChI is InChI=1S/C40H40IN/c1-3-4-5-6-7-14-27-40(41)38-28-30(2)19-25-36(38)37-26-22-32(29-39(37)40)31-20-23-35(24-21-31)42(33-15-10-8-11-16-33)34-17-12-9-13-18-34/h8-13,15-26,28-29H,3-7,14,27H2,1-2H3. The Bertz CT molecular complexity index is 1580. The molecular formula is C40H40IN. The number of alkyl halides is 1. The maximum Gasteiger partial charge on any atom is 0.0731 e. The van der Waals surface area contributed by atoms with E-state index in [1.165, 1.54) is 83.9 Å². The fourth-order valence-electron chi connectivity index (χ4n) is 6.47. The smallest absolute Gasteiger partial charge is 0.0731 e. The summed E-state index contributed by atoms with van der Waals surface area (Å²) in [5.74, 6) is 0. The number of anilines is 3. The molecular weight excluding hydrogens is 621 g/mol. The van der Waals surface area contributed by atoms with Gasteiger partial charge in [0.05, 0.1) is 3.42 Å². The summed E-state index contributed by atoms with van der Waals surface area (Å²) in [6.07, 6.45) is 9.16. The van der Waals surface area contributed by atoms with Crippen LogP contribution >= 0.6 is 22.6 Å². The Balaban J connectivity index is 1.32. The van der Waals surface area contributed by atoms with E-state index in [1.807, 2.05) is 0 Å². The average molecular weight is 662 g/mol. The quantitative estimate of drug-likeness (QED) is 0.0774. The summed E-state index contributed by atoms with van der Waals surface area (Å²) in [6.45, 7) is 4.52. The first-order valence-electron chi connectivity index (χ1n) is 15.5. The summed E-state index contributed by atoms with van der Waals surface area (Å²) in [7, 11) is 0. The van der Waals surface area contributed by atoms with Gasteiger partial charge in [-0.05, 0) is 89.2 Å². The van der Waals surface area contributed by atoms with Crippen molar-refractivity contribution in [3.05, 3.63) is 138 Å². The molecule has 1 nitrogen and oxygen atoms in total. The number of halogens is 1. The number of rotatable bonds is 11. The molecule has 0 heterocycles. The Morgan fingerprint density at radius 1 is 0.548 bits per heavy atom. The second-order valence-electron chi connectivity index (χ2n) is 11.7. The molecule has 0 aromatic heterocycles. The van der Waals surface area contributed by atoms with E-state index in [-0.39, 0.29) is 3.42 Å². The van der Waals surface area contributed by atoms with E-state index in [0.29, 0.717) is 0 Å². The Kier molecular flexibility index (Phi) is 8.81. The van der Waals surface area contributed by atoms with Crippen molar-refractivity contribution in [1.82, 2.24) is 0 Å². The van der Waals surface area contributed by atoms with Crippen molar-refractivity contribution in [1.29, 1.82) is 0 Å². The SMILES string of the molecule is CCCCCCCCC1(I)c2cc(C)ccc2-c2ccc(-c3ccc(N(c4ccccc4)c4ccccc4)cc3)cc21. The summed E-state index contributed by atoms with van der Waals surface area (Å²) in [4.78, 5) is 2.32. The summed E-state index contributed by atoms with van der Waals surface area (Å²) in [6, 6.07) is 44.5. The lowest BCUT2D eigenvalue weighted by Gasteiger charge is -2.26. The van der Waals surface area contributed by atoms with Crippen LogP contribution in [0.2, 0.25) is 0 Å². The van der Waals surface area contributed by atoms with E-state index in [0.717, 1.165) is 17.1 Å². The van der Waals surface area contributed by atoms with Crippen molar-refractivity contribution in [2.75, 3.05) is 4.90 Å². The summed E-state index contributed by atoms with van der Waals surface area (Å²) in [5, 5.41) is 0. The van der Waals surface area contributed by atoms with Gasteiger partial charge in [0.25, 0.3) is 0 Å². The highest BCUT2D eigenvalue weighted by atomic mass is 127. The molecule has 1 unspecified atom stereocenters. The first kappa shape index (κ1) is 28.7. The van der Waals surface area contributed by atoms with Crippen LogP contribution in [0.1, 0.15) is 68.6 Å². The van der Waals surface area contributed by atoms with Crippen molar-refractivity contribution in [3.63, 3.8) is 0 Å². The molecule has 6 rings (SSSR count). The normalized spacial score (nSPS) is 15.3. The number of hydrogen-bond acceptors (Lipinski definition) is 1. The number of hydrogen-bond donors (Lipinski definition) is 0. The molecule has 2 heteroatoms. The zero-order valence-electron chi connectivity index (χ0n) is 24.8. The molecule has 5 aromatic carbocycles. The molecule has 0 N–H and O–H groups in total. The van der Waals surface area contributed by atoms with E-state index in [4.69, 9.17) is 0 Å². The highest BCUT2D eigenvalue weighted by molar-refractivity contribution is 14.1. The molecule has 1 aliphatic rings. The minimum absolute atomic E-state index is 0.0204. The molecule has 0 amide bonds. The molecule has 0 spiro atoms. The van der Waals surface area contributed by atoms with E-state index in [9.17, 15) is 0 Å². The predicted molar refractivity (Wildman–Crippen MR) is 190 cm³/mol. The molecule has 0 bridgehead atoms. The van der Waals surface area contributed by atoms with Crippen LogP contribution in [0.4, 0.5) is 17.1 Å².